The predicted molar refractivity (Wildman–Crippen MR) is 99.6 cm³/mol. The van der Waals surface area contributed by atoms with E-state index in [0.29, 0.717) is 12.5 Å². The van der Waals surface area contributed by atoms with E-state index in [0.717, 1.165) is 56.0 Å². The Kier molecular flexibility index (Phi) is 4.64. The van der Waals surface area contributed by atoms with Gasteiger partial charge in [-0.15, -0.1) is 0 Å². The molecule has 3 heterocycles. The van der Waals surface area contributed by atoms with Crippen LogP contribution >= 0.6 is 0 Å². The van der Waals surface area contributed by atoms with E-state index in [1.165, 1.54) is 0 Å². The molecule has 1 amide bonds. The molecule has 0 unspecified atom stereocenters. The van der Waals surface area contributed by atoms with Crippen molar-refractivity contribution >= 4 is 5.91 Å². The standard InChI is InChI=1S/C21H25N3O2/c1-26-19-7-4-5-17(13-19)14-24-12-9-21(20(24)25)8-11-23(16-21)15-18-6-2-3-10-22-18/h2-7,10,13H,8-9,11-12,14-16H2,1H3/t21-/m0/s1. The number of carbonyl (C=O) groups is 1. The number of benzene rings is 1. The summed E-state index contributed by atoms with van der Waals surface area (Å²) < 4.78 is 5.29. The van der Waals surface area contributed by atoms with E-state index in [1.807, 2.05) is 41.4 Å². The molecule has 1 aromatic carbocycles. The molecule has 26 heavy (non-hydrogen) atoms. The maximum Gasteiger partial charge on any atom is 0.230 e. The van der Waals surface area contributed by atoms with Gasteiger partial charge in [-0.2, -0.15) is 0 Å². The van der Waals surface area contributed by atoms with Gasteiger partial charge in [0, 0.05) is 32.4 Å². The zero-order chi connectivity index (χ0) is 18.0. The van der Waals surface area contributed by atoms with Crippen molar-refractivity contribution in [2.75, 3.05) is 26.7 Å². The normalized spacial score (nSPS) is 23.1. The maximum absolute atomic E-state index is 13.1. The molecule has 2 fully saturated rings. The largest absolute Gasteiger partial charge is 0.497 e. The summed E-state index contributed by atoms with van der Waals surface area (Å²) >= 11 is 0. The Morgan fingerprint density at radius 1 is 1.12 bits per heavy atom. The molecule has 5 nitrogen and oxygen atoms in total. The highest BCUT2D eigenvalue weighted by atomic mass is 16.5. The Labute approximate surface area is 154 Å². The van der Waals surface area contributed by atoms with E-state index >= 15 is 0 Å². The van der Waals surface area contributed by atoms with Gasteiger partial charge in [-0.05, 0) is 49.2 Å². The number of rotatable bonds is 5. The molecule has 2 aliphatic rings. The topological polar surface area (TPSA) is 45.7 Å². The molecule has 2 aromatic rings. The molecular formula is C21H25N3O2. The molecule has 0 aliphatic carbocycles. The molecule has 1 atom stereocenters. The Balaban J connectivity index is 1.40. The zero-order valence-electron chi connectivity index (χ0n) is 15.2. The van der Waals surface area contributed by atoms with Gasteiger partial charge in [-0.1, -0.05) is 18.2 Å². The van der Waals surface area contributed by atoms with Gasteiger partial charge in [0.25, 0.3) is 0 Å². The quantitative estimate of drug-likeness (QED) is 0.831. The summed E-state index contributed by atoms with van der Waals surface area (Å²) in [5.41, 5.74) is 1.99. The zero-order valence-corrected chi connectivity index (χ0v) is 15.2. The van der Waals surface area contributed by atoms with E-state index in [1.54, 1.807) is 7.11 Å². The highest BCUT2D eigenvalue weighted by Crippen LogP contribution is 2.41. The van der Waals surface area contributed by atoms with E-state index < -0.39 is 0 Å². The van der Waals surface area contributed by atoms with Gasteiger partial charge in [0.05, 0.1) is 18.2 Å². The van der Waals surface area contributed by atoms with Crippen LogP contribution in [0, 0.1) is 5.41 Å². The summed E-state index contributed by atoms with van der Waals surface area (Å²) in [5, 5.41) is 0. The summed E-state index contributed by atoms with van der Waals surface area (Å²) in [5.74, 6) is 1.15. The lowest BCUT2D eigenvalue weighted by molar-refractivity contribution is -0.136. The molecule has 1 spiro atoms. The SMILES string of the molecule is COc1cccc(CN2CC[C@]3(CCN(Cc4ccccn4)C3)C2=O)c1. The molecule has 2 saturated heterocycles. The van der Waals surface area contributed by atoms with Gasteiger partial charge < -0.3 is 9.64 Å². The Hall–Kier alpha value is -2.40. The lowest BCUT2D eigenvalue weighted by Crippen LogP contribution is -2.36. The molecule has 136 valence electrons. The van der Waals surface area contributed by atoms with Crippen LogP contribution in [0.25, 0.3) is 0 Å². The van der Waals surface area contributed by atoms with Gasteiger partial charge in [-0.25, -0.2) is 0 Å². The number of hydrogen-bond acceptors (Lipinski definition) is 4. The number of amides is 1. The Morgan fingerprint density at radius 3 is 2.81 bits per heavy atom. The predicted octanol–water partition coefficient (Wildman–Crippen LogP) is 2.71. The first kappa shape index (κ1) is 17.0. The Bertz CT molecular complexity index is 780. The van der Waals surface area contributed by atoms with Crippen LogP contribution in [0.5, 0.6) is 5.75 Å². The summed E-state index contributed by atoms with van der Waals surface area (Å²) in [6, 6.07) is 14.0. The number of ether oxygens (including phenoxy) is 1. The minimum atomic E-state index is -0.201. The van der Waals surface area contributed by atoms with Gasteiger partial charge in [0.2, 0.25) is 5.91 Å². The molecule has 2 aliphatic heterocycles. The number of carbonyl (C=O) groups excluding carboxylic acids is 1. The third-order valence-corrected chi connectivity index (χ3v) is 5.65. The molecule has 0 saturated carbocycles. The van der Waals surface area contributed by atoms with Gasteiger partial charge in [-0.3, -0.25) is 14.7 Å². The third kappa shape index (κ3) is 3.31. The fraction of sp³-hybridized carbons (Fsp3) is 0.429. The summed E-state index contributed by atoms with van der Waals surface area (Å²) in [4.78, 5) is 21.9. The second-order valence-corrected chi connectivity index (χ2v) is 7.39. The lowest BCUT2D eigenvalue weighted by Gasteiger charge is -2.24. The molecular weight excluding hydrogens is 326 g/mol. The summed E-state index contributed by atoms with van der Waals surface area (Å²) in [7, 11) is 1.67. The van der Waals surface area contributed by atoms with Crippen LogP contribution in [-0.4, -0.2) is 47.4 Å². The van der Waals surface area contributed by atoms with Crippen LogP contribution in [0.4, 0.5) is 0 Å². The molecule has 5 heteroatoms. The number of nitrogens with zero attached hydrogens (tertiary/aromatic N) is 3. The van der Waals surface area contributed by atoms with E-state index in [4.69, 9.17) is 4.74 Å². The average molecular weight is 351 g/mol. The van der Waals surface area contributed by atoms with Crippen molar-refractivity contribution < 1.29 is 9.53 Å². The van der Waals surface area contributed by atoms with E-state index in [9.17, 15) is 4.79 Å². The molecule has 4 rings (SSSR count). The average Bonchev–Trinajstić information content (AvgIpc) is 3.22. The number of aromatic nitrogens is 1. The van der Waals surface area contributed by atoms with Gasteiger partial charge in [0.1, 0.15) is 5.75 Å². The van der Waals surface area contributed by atoms with Crippen LogP contribution in [-0.2, 0) is 17.9 Å². The van der Waals surface area contributed by atoms with Crippen LogP contribution < -0.4 is 4.74 Å². The van der Waals surface area contributed by atoms with Crippen molar-refractivity contribution in [1.82, 2.24) is 14.8 Å². The van der Waals surface area contributed by atoms with E-state index in [2.05, 4.69) is 22.0 Å². The maximum atomic E-state index is 13.1. The van der Waals surface area contributed by atoms with Crippen molar-refractivity contribution in [2.45, 2.75) is 25.9 Å². The highest BCUT2D eigenvalue weighted by molar-refractivity contribution is 5.85. The number of methoxy groups -OCH3 is 1. The smallest absolute Gasteiger partial charge is 0.230 e. The fourth-order valence-electron chi connectivity index (χ4n) is 4.23. The molecule has 0 N–H and O–H groups in total. The second-order valence-electron chi connectivity index (χ2n) is 7.39. The van der Waals surface area contributed by atoms with Crippen LogP contribution in [0.2, 0.25) is 0 Å². The summed E-state index contributed by atoms with van der Waals surface area (Å²) in [6.45, 7) is 4.14. The van der Waals surface area contributed by atoms with Crippen LogP contribution in [0.1, 0.15) is 24.1 Å². The summed E-state index contributed by atoms with van der Waals surface area (Å²) in [6.07, 6.45) is 3.74. The van der Waals surface area contributed by atoms with E-state index in [-0.39, 0.29) is 5.41 Å². The van der Waals surface area contributed by atoms with Crippen molar-refractivity contribution in [3.63, 3.8) is 0 Å². The van der Waals surface area contributed by atoms with Crippen molar-refractivity contribution in [2.24, 2.45) is 5.41 Å². The first-order valence-electron chi connectivity index (χ1n) is 9.23. The van der Waals surface area contributed by atoms with Gasteiger partial charge >= 0.3 is 0 Å². The number of hydrogen-bond donors (Lipinski definition) is 0. The Morgan fingerprint density at radius 2 is 2.00 bits per heavy atom. The first-order valence-corrected chi connectivity index (χ1v) is 9.23. The minimum Gasteiger partial charge on any atom is -0.497 e. The highest BCUT2D eigenvalue weighted by Gasteiger charge is 2.50. The first-order chi connectivity index (χ1) is 12.7. The molecule has 0 radical (unpaired) electrons. The monoisotopic (exact) mass is 351 g/mol. The van der Waals surface area contributed by atoms with Crippen molar-refractivity contribution in [1.29, 1.82) is 0 Å². The van der Waals surface area contributed by atoms with Crippen LogP contribution in [0.15, 0.2) is 48.7 Å². The fourth-order valence-corrected chi connectivity index (χ4v) is 4.23. The van der Waals surface area contributed by atoms with Crippen molar-refractivity contribution in [3.8, 4) is 5.75 Å². The lowest BCUT2D eigenvalue weighted by atomic mass is 9.85. The molecule has 1 aromatic heterocycles. The second kappa shape index (κ2) is 7.08. The van der Waals surface area contributed by atoms with Crippen LogP contribution in [0.3, 0.4) is 0 Å². The number of likely N-dealkylation sites (tertiary alicyclic amines) is 2. The van der Waals surface area contributed by atoms with Crippen molar-refractivity contribution in [3.05, 3.63) is 59.9 Å². The third-order valence-electron chi connectivity index (χ3n) is 5.65. The number of pyridine rings is 1. The minimum absolute atomic E-state index is 0.201. The molecule has 0 bridgehead atoms. The van der Waals surface area contributed by atoms with Gasteiger partial charge in [0.15, 0.2) is 0 Å².